The molecule has 1 heterocycles. The SMILES string of the molecule is CCCCC(CN)NC(=O)COc1c(C)nn(C)c1C.Cl. The minimum absolute atomic E-state index is 0. The smallest absolute Gasteiger partial charge is 0.258 e. The number of nitrogens with two attached hydrogens (primary N) is 1. The van der Waals surface area contributed by atoms with Gasteiger partial charge in [0.1, 0.15) is 5.69 Å². The summed E-state index contributed by atoms with van der Waals surface area (Å²) >= 11 is 0. The molecule has 0 aliphatic carbocycles. The number of nitrogens with zero attached hydrogens (tertiary/aromatic N) is 2. The number of ether oxygens (including phenoxy) is 1. The van der Waals surface area contributed by atoms with Crippen LogP contribution in [0, 0.1) is 13.8 Å². The van der Waals surface area contributed by atoms with Crippen LogP contribution < -0.4 is 15.8 Å². The van der Waals surface area contributed by atoms with Crippen molar-refractivity contribution in [2.45, 2.75) is 46.1 Å². The predicted molar refractivity (Wildman–Crippen MR) is 85.9 cm³/mol. The van der Waals surface area contributed by atoms with Crippen molar-refractivity contribution in [1.82, 2.24) is 15.1 Å². The molecule has 0 aliphatic rings. The number of hydrogen-bond acceptors (Lipinski definition) is 4. The highest BCUT2D eigenvalue weighted by Gasteiger charge is 2.14. The second-order valence-electron chi connectivity index (χ2n) is 5.05. The summed E-state index contributed by atoms with van der Waals surface area (Å²) < 4.78 is 7.31. The average Bonchev–Trinajstić information content (AvgIpc) is 2.66. The summed E-state index contributed by atoms with van der Waals surface area (Å²) in [5, 5.41) is 7.15. The Kier molecular flexibility index (Phi) is 9.05. The van der Waals surface area contributed by atoms with Gasteiger partial charge in [0.05, 0.1) is 5.69 Å². The summed E-state index contributed by atoms with van der Waals surface area (Å²) in [4.78, 5) is 11.9. The molecule has 1 aromatic heterocycles. The number of unbranched alkanes of at least 4 members (excludes halogenated alkanes) is 1. The highest BCUT2D eigenvalue weighted by molar-refractivity contribution is 5.85. The zero-order valence-corrected chi connectivity index (χ0v) is 14.1. The van der Waals surface area contributed by atoms with E-state index in [0.717, 1.165) is 30.7 Å². The van der Waals surface area contributed by atoms with Crippen molar-refractivity contribution in [1.29, 1.82) is 0 Å². The van der Waals surface area contributed by atoms with Gasteiger partial charge in [-0.3, -0.25) is 9.48 Å². The van der Waals surface area contributed by atoms with E-state index < -0.39 is 0 Å². The molecular weight excluding hydrogens is 292 g/mol. The van der Waals surface area contributed by atoms with Crippen LogP contribution in [-0.4, -0.2) is 34.9 Å². The van der Waals surface area contributed by atoms with Gasteiger partial charge in [-0.05, 0) is 20.3 Å². The molecular formula is C14H27ClN4O2. The third-order valence-electron chi connectivity index (χ3n) is 3.35. The Morgan fingerprint density at radius 2 is 2.14 bits per heavy atom. The molecule has 0 fully saturated rings. The fraction of sp³-hybridized carbons (Fsp3) is 0.714. The van der Waals surface area contributed by atoms with Crippen LogP contribution in [-0.2, 0) is 11.8 Å². The van der Waals surface area contributed by atoms with Crippen LogP contribution in [0.5, 0.6) is 5.75 Å². The molecule has 0 spiro atoms. The van der Waals surface area contributed by atoms with E-state index in [1.807, 2.05) is 20.9 Å². The van der Waals surface area contributed by atoms with Crippen molar-refractivity contribution < 1.29 is 9.53 Å². The third kappa shape index (κ3) is 5.93. The summed E-state index contributed by atoms with van der Waals surface area (Å²) in [6.07, 6.45) is 3.06. The number of aryl methyl sites for hydroxylation is 2. The van der Waals surface area contributed by atoms with Gasteiger partial charge >= 0.3 is 0 Å². The molecule has 0 saturated carbocycles. The van der Waals surface area contributed by atoms with Crippen LogP contribution in [0.4, 0.5) is 0 Å². The van der Waals surface area contributed by atoms with E-state index >= 15 is 0 Å². The summed E-state index contributed by atoms with van der Waals surface area (Å²) in [6, 6.07) is 0.0298. The molecule has 1 atom stereocenters. The van der Waals surface area contributed by atoms with Crippen molar-refractivity contribution in [3.05, 3.63) is 11.4 Å². The number of rotatable bonds is 8. The molecule has 6 nitrogen and oxygen atoms in total. The summed E-state index contributed by atoms with van der Waals surface area (Å²) in [5.74, 6) is 0.541. The predicted octanol–water partition coefficient (Wildman–Crippen LogP) is 1.47. The van der Waals surface area contributed by atoms with Gasteiger partial charge in [-0.25, -0.2) is 0 Å². The third-order valence-corrected chi connectivity index (χ3v) is 3.35. The standard InChI is InChI=1S/C14H26N4O2.ClH/c1-5-6-7-12(8-15)16-13(19)9-20-14-10(2)17-18(4)11(14)3;/h12H,5-9,15H2,1-4H3,(H,16,19);1H. The monoisotopic (exact) mass is 318 g/mol. The van der Waals surface area contributed by atoms with Crippen LogP contribution >= 0.6 is 12.4 Å². The number of carbonyl (C=O) groups excluding carboxylic acids is 1. The molecule has 122 valence electrons. The Bertz CT molecular complexity index is 448. The molecule has 0 radical (unpaired) electrons. The van der Waals surface area contributed by atoms with Crippen LogP contribution in [0.2, 0.25) is 0 Å². The first-order valence-corrected chi connectivity index (χ1v) is 7.12. The second kappa shape index (κ2) is 9.63. The maximum absolute atomic E-state index is 11.9. The van der Waals surface area contributed by atoms with Crippen molar-refractivity contribution in [2.24, 2.45) is 12.8 Å². The largest absolute Gasteiger partial charge is 0.480 e. The van der Waals surface area contributed by atoms with Crippen molar-refractivity contribution >= 4 is 18.3 Å². The summed E-state index contributed by atoms with van der Waals surface area (Å²) in [7, 11) is 1.85. The van der Waals surface area contributed by atoms with Crippen molar-refractivity contribution in [3.8, 4) is 5.75 Å². The number of halogens is 1. The molecule has 0 aromatic carbocycles. The van der Waals surface area contributed by atoms with Gasteiger partial charge in [-0.15, -0.1) is 12.4 Å². The Morgan fingerprint density at radius 3 is 2.62 bits per heavy atom. The zero-order valence-electron chi connectivity index (χ0n) is 13.3. The quantitative estimate of drug-likeness (QED) is 0.760. The zero-order chi connectivity index (χ0) is 15.1. The maximum atomic E-state index is 11.9. The number of aromatic nitrogens is 2. The van der Waals surface area contributed by atoms with Crippen molar-refractivity contribution in [2.75, 3.05) is 13.2 Å². The fourth-order valence-electron chi connectivity index (χ4n) is 2.07. The van der Waals surface area contributed by atoms with Gasteiger partial charge in [0.2, 0.25) is 0 Å². The molecule has 1 aromatic rings. The molecule has 3 N–H and O–H groups in total. The van der Waals surface area contributed by atoms with Crippen LogP contribution in [0.3, 0.4) is 0 Å². The van der Waals surface area contributed by atoms with E-state index in [2.05, 4.69) is 17.3 Å². The molecule has 1 rings (SSSR count). The molecule has 7 heteroatoms. The molecule has 0 bridgehead atoms. The Balaban J connectivity index is 0.00000400. The highest BCUT2D eigenvalue weighted by atomic mass is 35.5. The number of hydrogen-bond donors (Lipinski definition) is 2. The minimum Gasteiger partial charge on any atom is -0.480 e. The highest BCUT2D eigenvalue weighted by Crippen LogP contribution is 2.20. The number of amides is 1. The van der Waals surface area contributed by atoms with E-state index in [9.17, 15) is 4.79 Å². The molecule has 1 unspecified atom stereocenters. The van der Waals surface area contributed by atoms with Gasteiger partial charge in [-0.1, -0.05) is 19.8 Å². The normalized spacial score (nSPS) is 11.7. The van der Waals surface area contributed by atoms with Crippen LogP contribution in [0.1, 0.15) is 37.6 Å². The molecule has 0 aliphatic heterocycles. The molecule has 21 heavy (non-hydrogen) atoms. The average molecular weight is 319 g/mol. The summed E-state index contributed by atoms with van der Waals surface area (Å²) in [5.41, 5.74) is 7.36. The van der Waals surface area contributed by atoms with Gasteiger partial charge in [-0.2, -0.15) is 5.10 Å². The molecule has 0 saturated heterocycles. The maximum Gasteiger partial charge on any atom is 0.258 e. The first-order chi connectivity index (χ1) is 9.49. The number of carbonyl (C=O) groups is 1. The lowest BCUT2D eigenvalue weighted by molar-refractivity contribution is -0.123. The van der Waals surface area contributed by atoms with Crippen molar-refractivity contribution in [3.63, 3.8) is 0 Å². The van der Waals surface area contributed by atoms with Gasteiger partial charge in [0.15, 0.2) is 12.4 Å². The Hall–Kier alpha value is -1.27. The second-order valence-corrected chi connectivity index (χ2v) is 5.05. The lowest BCUT2D eigenvalue weighted by Gasteiger charge is -2.16. The van der Waals surface area contributed by atoms with Gasteiger partial charge in [0, 0.05) is 19.6 Å². The Labute approximate surface area is 132 Å². The lowest BCUT2D eigenvalue weighted by atomic mass is 10.1. The van der Waals surface area contributed by atoms with E-state index in [0.29, 0.717) is 12.3 Å². The van der Waals surface area contributed by atoms with E-state index in [1.54, 1.807) is 4.68 Å². The topological polar surface area (TPSA) is 82.2 Å². The van der Waals surface area contributed by atoms with Gasteiger partial charge < -0.3 is 15.8 Å². The molecule has 1 amide bonds. The fourth-order valence-corrected chi connectivity index (χ4v) is 2.07. The Morgan fingerprint density at radius 1 is 1.48 bits per heavy atom. The first kappa shape index (κ1) is 19.7. The number of nitrogens with one attached hydrogen (secondary N) is 1. The van der Waals surface area contributed by atoms with Crippen LogP contribution in [0.25, 0.3) is 0 Å². The lowest BCUT2D eigenvalue weighted by Crippen LogP contribution is -2.42. The van der Waals surface area contributed by atoms with E-state index in [-0.39, 0.29) is 31.0 Å². The van der Waals surface area contributed by atoms with Gasteiger partial charge in [0.25, 0.3) is 5.91 Å². The van der Waals surface area contributed by atoms with Crippen LogP contribution in [0.15, 0.2) is 0 Å². The van der Waals surface area contributed by atoms with E-state index in [4.69, 9.17) is 10.5 Å². The van der Waals surface area contributed by atoms with E-state index in [1.165, 1.54) is 0 Å². The summed E-state index contributed by atoms with van der Waals surface area (Å²) in [6.45, 7) is 6.35. The first-order valence-electron chi connectivity index (χ1n) is 7.12. The minimum atomic E-state index is -0.140.